The van der Waals surface area contributed by atoms with E-state index in [9.17, 15) is 9.59 Å². The highest BCUT2D eigenvalue weighted by Crippen LogP contribution is 2.33. The van der Waals surface area contributed by atoms with Gasteiger partial charge in [0.05, 0.1) is 4.88 Å². The Morgan fingerprint density at radius 2 is 1.93 bits per heavy atom. The van der Waals surface area contributed by atoms with E-state index in [0.29, 0.717) is 39.1 Å². The summed E-state index contributed by atoms with van der Waals surface area (Å²) in [7, 11) is 1.65. The van der Waals surface area contributed by atoms with Crippen molar-refractivity contribution in [3.05, 3.63) is 22.0 Å². The molecule has 1 fully saturated rings. The number of carbonyl (C=O) groups is 2. The number of piperidine rings is 1. The van der Waals surface area contributed by atoms with Gasteiger partial charge < -0.3 is 15.0 Å². The van der Waals surface area contributed by atoms with Gasteiger partial charge in [-0.1, -0.05) is 0 Å². The SMILES string of the molecule is COCCCNC(=O)C1CCN(C(=O)c2sc3nc(C)nc(C)c3c2C)CC1. The van der Waals surface area contributed by atoms with Gasteiger partial charge in [-0.15, -0.1) is 11.3 Å². The van der Waals surface area contributed by atoms with Crippen molar-refractivity contribution in [3.8, 4) is 0 Å². The van der Waals surface area contributed by atoms with E-state index in [-0.39, 0.29) is 17.7 Å². The number of nitrogens with zero attached hydrogens (tertiary/aromatic N) is 3. The number of aryl methyl sites for hydroxylation is 3. The van der Waals surface area contributed by atoms with Crippen molar-refractivity contribution < 1.29 is 14.3 Å². The lowest BCUT2D eigenvalue weighted by Crippen LogP contribution is -2.43. The molecule has 0 atom stereocenters. The normalized spacial score (nSPS) is 15.2. The third-order valence-corrected chi connectivity index (χ3v) is 6.43. The molecule has 3 heterocycles. The standard InChI is InChI=1S/C20H28N4O3S/c1-12-16-13(2)22-14(3)23-19(16)28-17(12)20(26)24-9-6-15(7-10-24)18(25)21-8-5-11-27-4/h15H,5-11H2,1-4H3,(H,21,25). The van der Waals surface area contributed by atoms with Crippen molar-refractivity contribution >= 4 is 33.4 Å². The highest BCUT2D eigenvalue weighted by Gasteiger charge is 2.29. The number of methoxy groups -OCH3 is 1. The number of rotatable bonds is 6. The van der Waals surface area contributed by atoms with Crippen molar-refractivity contribution in [1.82, 2.24) is 20.2 Å². The first kappa shape index (κ1) is 20.7. The molecule has 0 unspecified atom stereocenters. The summed E-state index contributed by atoms with van der Waals surface area (Å²) < 4.78 is 4.99. The van der Waals surface area contributed by atoms with Gasteiger partial charge in [0.15, 0.2) is 0 Å². The van der Waals surface area contributed by atoms with Crippen molar-refractivity contribution in [2.24, 2.45) is 5.92 Å². The van der Waals surface area contributed by atoms with Gasteiger partial charge in [-0.3, -0.25) is 9.59 Å². The second-order valence-corrected chi connectivity index (χ2v) is 8.30. The van der Waals surface area contributed by atoms with Crippen LogP contribution in [0.25, 0.3) is 10.2 Å². The number of fused-ring (bicyclic) bond motifs is 1. The molecular weight excluding hydrogens is 376 g/mol. The van der Waals surface area contributed by atoms with Crippen LogP contribution in [0.2, 0.25) is 0 Å². The van der Waals surface area contributed by atoms with Gasteiger partial charge in [0.2, 0.25) is 5.91 Å². The number of hydrogen-bond donors (Lipinski definition) is 1. The summed E-state index contributed by atoms with van der Waals surface area (Å²) >= 11 is 1.44. The van der Waals surface area contributed by atoms with E-state index in [1.165, 1.54) is 11.3 Å². The third-order valence-electron chi connectivity index (χ3n) is 5.25. The van der Waals surface area contributed by atoms with Crippen LogP contribution >= 0.6 is 11.3 Å². The third kappa shape index (κ3) is 4.33. The van der Waals surface area contributed by atoms with E-state index in [1.54, 1.807) is 7.11 Å². The number of thiophene rings is 1. The highest BCUT2D eigenvalue weighted by molar-refractivity contribution is 7.20. The molecule has 7 nitrogen and oxygen atoms in total. The molecule has 2 aromatic rings. The van der Waals surface area contributed by atoms with E-state index < -0.39 is 0 Å². The lowest BCUT2D eigenvalue weighted by Gasteiger charge is -2.31. The van der Waals surface area contributed by atoms with E-state index in [0.717, 1.165) is 38.6 Å². The Morgan fingerprint density at radius 1 is 1.21 bits per heavy atom. The van der Waals surface area contributed by atoms with E-state index in [1.807, 2.05) is 25.7 Å². The number of likely N-dealkylation sites (tertiary alicyclic amines) is 1. The second-order valence-electron chi connectivity index (χ2n) is 7.30. The molecule has 0 aromatic carbocycles. The van der Waals surface area contributed by atoms with Crippen LogP contribution in [-0.2, 0) is 9.53 Å². The molecule has 1 N–H and O–H groups in total. The van der Waals surface area contributed by atoms with Gasteiger partial charge in [0.1, 0.15) is 10.7 Å². The first-order valence-corrected chi connectivity index (χ1v) is 10.5. The smallest absolute Gasteiger partial charge is 0.264 e. The summed E-state index contributed by atoms with van der Waals surface area (Å²) in [5.74, 6) is 0.826. The van der Waals surface area contributed by atoms with Crippen LogP contribution < -0.4 is 5.32 Å². The quantitative estimate of drug-likeness (QED) is 0.748. The van der Waals surface area contributed by atoms with Gasteiger partial charge >= 0.3 is 0 Å². The maximum Gasteiger partial charge on any atom is 0.264 e. The predicted molar refractivity (Wildman–Crippen MR) is 110 cm³/mol. The zero-order chi connectivity index (χ0) is 20.3. The van der Waals surface area contributed by atoms with Crippen molar-refractivity contribution in [3.63, 3.8) is 0 Å². The summed E-state index contributed by atoms with van der Waals surface area (Å²) in [5, 5.41) is 3.96. The molecule has 8 heteroatoms. The minimum atomic E-state index is -0.0224. The van der Waals surface area contributed by atoms with E-state index in [4.69, 9.17) is 4.74 Å². The topological polar surface area (TPSA) is 84.4 Å². The van der Waals surface area contributed by atoms with Gasteiger partial charge in [-0.05, 0) is 45.6 Å². The molecule has 0 aliphatic carbocycles. The average molecular weight is 405 g/mol. The summed E-state index contributed by atoms with van der Waals surface area (Å²) in [4.78, 5) is 37.8. The van der Waals surface area contributed by atoms with Gasteiger partial charge in [-0.2, -0.15) is 0 Å². The zero-order valence-electron chi connectivity index (χ0n) is 17.0. The van der Waals surface area contributed by atoms with Crippen LogP contribution in [0.4, 0.5) is 0 Å². The maximum atomic E-state index is 13.1. The minimum Gasteiger partial charge on any atom is -0.385 e. The molecule has 0 bridgehead atoms. The summed E-state index contributed by atoms with van der Waals surface area (Å²) in [5.41, 5.74) is 1.87. The predicted octanol–water partition coefficient (Wildman–Crippen LogP) is 2.62. The molecule has 1 saturated heterocycles. The van der Waals surface area contributed by atoms with Gasteiger partial charge in [0, 0.05) is 50.3 Å². The van der Waals surface area contributed by atoms with Gasteiger partial charge in [0.25, 0.3) is 5.91 Å². The Balaban J connectivity index is 1.63. The largest absolute Gasteiger partial charge is 0.385 e. The second kappa shape index (κ2) is 8.96. The molecule has 1 aliphatic rings. The summed E-state index contributed by atoms with van der Waals surface area (Å²) in [6.07, 6.45) is 2.21. The molecule has 3 rings (SSSR count). The first-order valence-electron chi connectivity index (χ1n) is 9.72. The fraction of sp³-hybridized carbons (Fsp3) is 0.600. The Hall–Kier alpha value is -2.06. The minimum absolute atomic E-state index is 0.0224. The highest BCUT2D eigenvalue weighted by atomic mass is 32.1. The number of nitrogens with one attached hydrogen (secondary N) is 1. The lowest BCUT2D eigenvalue weighted by atomic mass is 9.95. The number of hydrogen-bond acceptors (Lipinski definition) is 6. The number of aromatic nitrogens is 2. The number of ether oxygens (including phenoxy) is 1. The van der Waals surface area contributed by atoms with Crippen LogP contribution in [0.1, 0.15) is 46.0 Å². The molecule has 0 radical (unpaired) electrons. The molecule has 2 amide bonds. The maximum absolute atomic E-state index is 13.1. The molecule has 152 valence electrons. The van der Waals surface area contributed by atoms with Crippen molar-refractivity contribution in [1.29, 1.82) is 0 Å². The summed E-state index contributed by atoms with van der Waals surface area (Å²) in [6, 6.07) is 0. The Bertz CT molecular complexity index is 872. The van der Waals surface area contributed by atoms with Gasteiger partial charge in [-0.25, -0.2) is 9.97 Å². The fourth-order valence-corrected chi connectivity index (χ4v) is 4.98. The molecule has 0 saturated carbocycles. The number of carbonyl (C=O) groups excluding carboxylic acids is 2. The average Bonchev–Trinajstić information content (AvgIpc) is 3.01. The molecular formula is C20H28N4O3S. The molecule has 28 heavy (non-hydrogen) atoms. The molecule has 2 aromatic heterocycles. The Morgan fingerprint density at radius 3 is 2.61 bits per heavy atom. The Labute approximate surface area is 169 Å². The number of amides is 2. The van der Waals surface area contributed by atoms with Crippen LogP contribution in [0.3, 0.4) is 0 Å². The molecule has 0 spiro atoms. The van der Waals surface area contributed by atoms with Crippen molar-refractivity contribution in [2.75, 3.05) is 33.4 Å². The summed E-state index contributed by atoms with van der Waals surface area (Å²) in [6.45, 7) is 8.28. The fourth-order valence-electron chi connectivity index (χ4n) is 3.74. The van der Waals surface area contributed by atoms with Crippen LogP contribution in [-0.4, -0.2) is 60.0 Å². The monoisotopic (exact) mass is 404 g/mol. The van der Waals surface area contributed by atoms with E-state index in [2.05, 4.69) is 15.3 Å². The zero-order valence-corrected chi connectivity index (χ0v) is 17.8. The van der Waals surface area contributed by atoms with E-state index >= 15 is 0 Å². The van der Waals surface area contributed by atoms with Crippen LogP contribution in [0.15, 0.2) is 0 Å². The Kier molecular flexibility index (Phi) is 6.61. The molecule has 1 aliphatic heterocycles. The van der Waals surface area contributed by atoms with Crippen LogP contribution in [0, 0.1) is 26.7 Å². The van der Waals surface area contributed by atoms with Crippen LogP contribution in [0.5, 0.6) is 0 Å². The lowest BCUT2D eigenvalue weighted by molar-refractivity contribution is -0.126. The first-order chi connectivity index (χ1) is 13.4. The van der Waals surface area contributed by atoms with Crippen molar-refractivity contribution in [2.45, 2.75) is 40.0 Å².